The third-order valence-corrected chi connectivity index (χ3v) is 4.30. The third kappa shape index (κ3) is 3.93. The molecule has 0 radical (unpaired) electrons. The van der Waals surface area contributed by atoms with Gasteiger partial charge in [0.1, 0.15) is 0 Å². The largest absolute Gasteiger partial charge is 0.393 e. The van der Waals surface area contributed by atoms with Gasteiger partial charge in [-0.1, -0.05) is 54.6 Å². The first-order valence-corrected chi connectivity index (χ1v) is 7.87. The van der Waals surface area contributed by atoms with Gasteiger partial charge in [0, 0.05) is 12.6 Å². The summed E-state index contributed by atoms with van der Waals surface area (Å²) in [6.45, 7) is 0.881. The second-order valence-electron chi connectivity index (χ2n) is 5.96. The predicted molar refractivity (Wildman–Crippen MR) is 87.0 cm³/mol. The number of aliphatic hydroxyl groups is 1. The number of aliphatic hydroxyl groups excluding tert-OH is 1. The maximum atomic E-state index is 9.70. The van der Waals surface area contributed by atoms with E-state index >= 15 is 0 Å². The van der Waals surface area contributed by atoms with E-state index in [4.69, 9.17) is 0 Å². The standard InChI is InChI=1S/C19H23NO/c21-19-8-4-7-18(13-19)20-14-15-9-11-17(12-10-15)16-5-2-1-3-6-16/h1-3,5-6,9-12,18-21H,4,7-8,13-14H2. The molecule has 2 nitrogen and oxygen atoms in total. The van der Waals surface area contributed by atoms with Crippen molar-refractivity contribution in [2.45, 2.75) is 44.4 Å². The van der Waals surface area contributed by atoms with Crippen molar-refractivity contribution in [2.75, 3.05) is 0 Å². The first-order valence-electron chi connectivity index (χ1n) is 7.87. The third-order valence-electron chi connectivity index (χ3n) is 4.30. The van der Waals surface area contributed by atoms with E-state index in [1.165, 1.54) is 23.1 Å². The first kappa shape index (κ1) is 14.3. The average Bonchev–Trinajstić information content (AvgIpc) is 2.54. The van der Waals surface area contributed by atoms with Crippen molar-refractivity contribution < 1.29 is 5.11 Å². The number of hydrogen-bond acceptors (Lipinski definition) is 2. The molecule has 2 unspecified atom stereocenters. The Kier molecular flexibility index (Phi) is 4.69. The van der Waals surface area contributed by atoms with E-state index in [-0.39, 0.29) is 6.10 Å². The molecule has 2 atom stereocenters. The highest BCUT2D eigenvalue weighted by molar-refractivity contribution is 5.63. The molecule has 0 heterocycles. The van der Waals surface area contributed by atoms with Crippen molar-refractivity contribution in [1.29, 1.82) is 0 Å². The molecular formula is C19H23NO. The molecule has 1 fully saturated rings. The molecule has 0 saturated heterocycles. The number of benzene rings is 2. The minimum atomic E-state index is -0.114. The van der Waals surface area contributed by atoms with Gasteiger partial charge in [-0.2, -0.15) is 0 Å². The Morgan fingerprint density at radius 1 is 0.905 bits per heavy atom. The summed E-state index contributed by atoms with van der Waals surface area (Å²) in [5.74, 6) is 0. The van der Waals surface area contributed by atoms with Crippen LogP contribution in [0.4, 0.5) is 0 Å². The Bertz CT molecular complexity index is 550. The Hall–Kier alpha value is -1.64. The normalized spacial score (nSPS) is 22.1. The molecule has 21 heavy (non-hydrogen) atoms. The van der Waals surface area contributed by atoms with Crippen LogP contribution in [0.1, 0.15) is 31.2 Å². The minimum Gasteiger partial charge on any atom is -0.393 e. The van der Waals surface area contributed by atoms with E-state index in [0.29, 0.717) is 6.04 Å². The van der Waals surface area contributed by atoms with E-state index in [1.807, 2.05) is 6.07 Å². The van der Waals surface area contributed by atoms with Gasteiger partial charge >= 0.3 is 0 Å². The molecule has 0 bridgehead atoms. The van der Waals surface area contributed by atoms with Crippen LogP contribution in [0.5, 0.6) is 0 Å². The number of nitrogens with one attached hydrogen (secondary N) is 1. The second kappa shape index (κ2) is 6.88. The van der Waals surface area contributed by atoms with Crippen molar-refractivity contribution in [1.82, 2.24) is 5.32 Å². The van der Waals surface area contributed by atoms with E-state index in [9.17, 15) is 5.11 Å². The van der Waals surface area contributed by atoms with Crippen molar-refractivity contribution in [3.63, 3.8) is 0 Å². The molecule has 1 aliphatic carbocycles. The lowest BCUT2D eigenvalue weighted by Gasteiger charge is -2.26. The topological polar surface area (TPSA) is 32.3 Å². The fourth-order valence-electron chi connectivity index (χ4n) is 3.06. The zero-order valence-electron chi connectivity index (χ0n) is 12.3. The molecular weight excluding hydrogens is 258 g/mol. The fourth-order valence-corrected chi connectivity index (χ4v) is 3.06. The summed E-state index contributed by atoms with van der Waals surface area (Å²) < 4.78 is 0. The fraction of sp³-hybridized carbons (Fsp3) is 0.368. The van der Waals surface area contributed by atoms with Crippen LogP contribution in [-0.4, -0.2) is 17.3 Å². The quantitative estimate of drug-likeness (QED) is 0.894. The molecule has 110 valence electrons. The summed E-state index contributed by atoms with van der Waals surface area (Å²) >= 11 is 0. The molecule has 1 aliphatic rings. The number of hydrogen-bond donors (Lipinski definition) is 2. The molecule has 1 saturated carbocycles. The van der Waals surface area contributed by atoms with E-state index in [0.717, 1.165) is 25.8 Å². The van der Waals surface area contributed by atoms with E-state index in [1.54, 1.807) is 0 Å². The maximum absolute atomic E-state index is 9.70. The van der Waals surface area contributed by atoms with Crippen LogP contribution in [0.15, 0.2) is 54.6 Å². The van der Waals surface area contributed by atoms with Gasteiger partial charge in [-0.05, 0) is 42.4 Å². The zero-order valence-corrected chi connectivity index (χ0v) is 12.3. The number of rotatable bonds is 4. The maximum Gasteiger partial charge on any atom is 0.0555 e. The Morgan fingerprint density at radius 2 is 1.62 bits per heavy atom. The molecule has 0 aromatic heterocycles. The average molecular weight is 281 g/mol. The highest BCUT2D eigenvalue weighted by atomic mass is 16.3. The van der Waals surface area contributed by atoms with E-state index in [2.05, 4.69) is 53.8 Å². The van der Waals surface area contributed by atoms with Gasteiger partial charge in [0.25, 0.3) is 0 Å². The van der Waals surface area contributed by atoms with Crippen LogP contribution in [0.25, 0.3) is 11.1 Å². The van der Waals surface area contributed by atoms with Gasteiger partial charge in [-0.25, -0.2) is 0 Å². The lowest BCUT2D eigenvalue weighted by atomic mass is 9.93. The van der Waals surface area contributed by atoms with Crippen molar-refractivity contribution in [3.05, 3.63) is 60.2 Å². The molecule has 2 aromatic rings. The van der Waals surface area contributed by atoms with Gasteiger partial charge in [-0.3, -0.25) is 0 Å². The molecule has 3 rings (SSSR count). The van der Waals surface area contributed by atoms with Crippen LogP contribution >= 0.6 is 0 Å². The minimum absolute atomic E-state index is 0.114. The highest BCUT2D eigenvalue weighted by Crippen LogP contribution is 2.21. The van der Waals surface area contributed by atoms with Crippen molar-refractivity contribution in [3.8, 4) is 11.1 Å². The molecule has 2 N–H and O–H groups in total. The van der Waals surface area contributed by atoms with Crippen LogP contribution < -0.4 is 5.32 Å². The Balaban J connectivity index is 1.57. The van der Waals surface area contributed by atoms with Crippen LogP contribution in [0, 0.1) is 0 Å². The van der Waals surface area contributed by atoms with Gasteiger partial charge in [-0.15, -0.1) is 0 Å². The first-order chi connectivity index (χ1) is 10.3. The predicted octanol–water partition coefficient (Wildman–Crippen LogP) is 3.75. The van der Waals surface area contributed by atoms with Gasteiger partial charge in [0.05, 0.1) is 6.10 Å². The summed E-state index contributed by atoms with van der Waals surface area (Å²) in [7, 11) is 0. The van der Waals surface area contributed by atoms with Gasteiger partial charge < -0.3 is 10.4 Å². The summed E-state index contributed by atoms with van der Waals surface area (Å²) in [4.78, 5) is 0. The SMILES string of the molecule is OC1CCCC(NCc2ccc(-c3ccccc3)cc2)C1. The van der Waals surface area contributed by atoms with E-state index < -0.39 is 0 Å². The smallest absolute Gasteiger partial charge is 0.0555 e. The van der Waals surface area contributed by atoms with Crippen molar-refractivity contribution >= 4 is 0 Å². The monoisotopic (exact) mass is 281 g/mol. The summed E-state index contributed by atoms with van der Waals surface area (Å²) in [6, 6.07) is 19.7. The second-order valence-corrected chi connectivity index (χ2v) is 5.96. The zero-order chi connectivity index (χ0) is 14.5. The van der Waals surface area contributed by atoms with Crippen LogP contribution in [0.2, 0.25) is 0 Å². The summed E-state index contributed by atoms with van der Waals surface area (Å²) in [5.41, 5.74) is 3.81. The lowest BCUT2D eigenvalue weighted by molar-refractivity contribution is 0.111. The summed E-state index contributed by atoms with van der Waals surface area (Å²) in [6.07, 6.45) is 4.05. The Morgan fingerprint density at radius 3 is 2.33 bits per heavy atom. The highest BCUT2D eigenvalue weighted by Gasteiger charge is 2.19. The molecule has 0 spiro atoms. The lowest BCUT2D eigenvalue weighted by Crippen LogP contribution is -2.35. The van der Waals surface area contributed by atoms with Crippen molar-refractivity contribution in [2.24, 2.45) is 0 Å². The van der Waals surface area contributed by atoms with Gasteiger partial charge in [0.15, 0.2) is 0 Å². The van der Waals surface area contributed by atoms with Crippen LogP contribution in [-0.2, 0) is 6.54 Å². The molecule has 2 aromatic carbocycles. The molecule has 0 amide bonds. The van der Waals surface area contributed by atoms with Crippen LogP contribution in [0.3, 0.4) is 0 Å². The summed E-state index contributed by atoms with van der Waals surface area (Å²) in [5, 5.41) is 13.3. The molecule has 0 aliphatic heterocycles. The Labute approximate surface area is 126 Å². The molecule has 2 heteroatoms. The van der Waals surface area contributed by atoms with Gasteiger partial charge in [0.2, 0.25) is 0 Å².